The quantitative estimate of drug-likeness (QED) is 0.342. The molecule has 2 N–H and O–H groups in total. The van der Waals surface area contributed by atoms with Gasteiger partial charge in [-0.3, -0.25) is 0 Å². The van der Waals surface area contributed by atoms with Gasteiger partial charge in [0.25, 0.3) is 0 Å². The molecule has 0 aromatic heterocycles. The fraction of sp³-hybridized carbons (Fsp3) is 0.588. The normalized spacial score (nSPS) is 12.9. The molecule has 7 nitrogen and oxygen atoms in total. The number of hydrogen-bond acceptors (Lipinski definition) is 4. The van der Waals surface area contributed by atoms with Crippen LogP contribution in [0.15, 0.2) is 29.3 Å². The molecule has 0 amide bonds. The lowest BCUT2D eigenvalue weighted by atomic mass is 10.2. The minimum absolute atomic E-state index is 0.00823. The summed E-state index contributed by atoms with van der Waals surface area (Å²) in [6.07, 6.45) is -4.22. The van der Waals surface area contributed by atoms with E-state index in [1.807, 2.05) is 6.92 Å². The summed E-state index contributed by atoms with van der Waals surface area (Å²) in [5.74, 6) is 0.173. The smallest absolute Gasteiger partial charge is 0.405 e. The van der Waals surface area contributed by atoms with E-state index in [2.05, 4.69) is 20.4 Å². The highest BCUT2D eigenvalue weighted by Gasteiger charge is 2.31. The van der Waals surface area contributed by atoms with Crippen molar-refractivity contribution in [2.45, 2.75) is 33.2 Å². The van der Waals surface area contributed by atoms with Gasteiger partial charge >= 0.3 is 6.36 Å². The second-order valence-corrected chi connectivity index (χ2v) is 8.22. The van der Waals surface area contributed by atoms with Crippen molar-refractivity contribution >= 4 is 16.0 Å². The largest absolute Gasteiger partial charge is 0.573 e. The predicted molar refractivity (Wildman–Crippen MR) is 103 cm³/mol. The SMILES string of the molecule is CCNC(=NCc1ccccc1OC(F)(F)F)NCCCN(C)S(=O)(=O)CC. The number of aliphatic imine (C=N–C) groups is 1. The van der Waals surface area contributed by atoms with Crippen molar-refractivity contribution in [3.63, 3.8) is 0 Å². The first kappa shape index (κ1) is 24.0. The molecule has 0 radical (unpaired) electrons. The van der Waals surface area contributed by atoms with Gasteiger partial charge in [-0.15, -0.1) is 13.2 Å². The highest BCUT2D eigenvalue weighted by molar-refractivity contribution is 7.89. The summed E-state index contributed by atoms with van der Waals surface area (Å²) in [6, 6.07) is 5.82. The van der Waals surface area contributed by atoms with Gasteiger partial charge in [-0.1, -0.05) is 18.2 Å². The van der Waals surface area contributed by atoms with E-state index < -0.39 is 16.4 Å². The van der Waals surface area contributed by atoms with Crippen LogP contribution >= 0.6 is 0 Å². The van der Waals surface area contributed by atoms with Gasteiger partial charge in [0, 0.05) is 32.2 Å². The summed E-state index contributed by atoms with van der Waals surface area (Å²) in [7, 11) is -1.70. The molecule has 0 spiro atoms. The van der Waals surface area contributed by atoms with E-state index in [0.29, 0.717) is 37.6 Å². The van der Waals surface area contributed by atoms with Gasteiger partial charge in [0.15, 0.2) is 5.96 Å². The van der Waals surface area contributed by atoms with Crippen molar-refractivity contribution in [1.82, 2.24) is 14.9 Å². The van der Waals surface area contributed by atoms with Crippen molar-refractivity contribution in [2.24, 2.45) is 4.99 Å². The van der Waals surface area contributed by atoms with Crippen LogP contribution in [0.1, 0.15) is 25.8 Å². The molecule has 0 aliphatic heterocycles. The topological polar surface area (TPSA) is 83.0 Å². The number of rotatable bonds is 10. The third kappa shape index (κ3) is 8.79. The van der Waals surface area contributed by atoms with E-state index in [1.54, 1.807) is 13.0 Å². The molecule has 11 heteroatoms. The van der Waals surface area contributed by atoms with Crippen molar-refractivity contribution in [1.29, 1.82) is 0 Å². The van der Waals surface area contributed by atoms with E-state index in [-0.39, 0.29) is 18.0 Å². The van der Waals surface area contributed by atoms with Gasteiger partial charge < -0.3 is 15.4 Å². The number of nitrogens with one attached hydrogen (secondary N) is 2. The van der Waals surface area contributed by atoms with Gasteiger partial charge in [-0.25, -0.2) is 17.7 Å². The highest BCUT2D eigenvalue weighted by Crippen LogP contribution is 2.26. The Balaban J connectivity index is 2.66. The Morgan fingerprint density at radius 3 is 2.50 bits per heavy atom. The molecule has 1 aromatic rings. The number of halogens is 3. The molecule has 0 aliphatic rings. The van der Waals surface area contributed by atoms with Crippen LogP contribution < -0.4 is 15.4 Å². The molecular weight excluding hydrogens is 397 g/mol. The lowest BCUT2D eigenvalue weighted by Crippen LogP contribution is -2.39. The molecule has 0 atom stereocenters. The Morgan fingerprint density at radius 1 is 1.21 bits per heavy atom. The summed E-state index contributed by atoms with van der Waals surface area (Å²) in [6.45, 7) is 4.81. The number of sulfonamides is 1. The summed E-state index contributed by atoms with van der Waals surface area (Å²) < 4.78 is 66.2. The molecule has 0 saturated carbocycles. The van der Waals surface area contributed by atoms with E-state index in [1.165, 1.54) is 29.6 Å². The number of benzene rings is 1. The fourth-order valence-corrected chi connectivity index (χ4v) is 3.08. The van der Waals surface area contributed by atoms with E-state index in [0.717, 1.165) is 0 Å². The van der Waals surface area contributed by atoms with Crippen LogP contribution in [0.25, 0.3) is 0 Å². The fourth-order valence-electron chi connectivity index (χ4n) is 2.23. The lowest BCUT2D eigenvalue weighted by Gasteiger charge is -2.17. The lowest BCUT2D eigenvalue weighted by molar-refractivity contribution is -0.274. The number of alkyl halides is 3. The number of hydrogen-bond donors (Lipinski definition) is 2. The third-order valence-electron chi connectivity index (χ3n) is 3.73. The van der Waals surface area contributed by atoms with Gasteiger partial charge in [-0.2, -0.15) is 0 Å². The maximum atomic E-state index is 12.5. The van der Waals surface area contributed by atoms with Crippen LogP contribution in [0, 0.1) is 0 Å². The molecule has 0 fully saturated rings. The first-order valence-electron chi connectivity index (χ1n) is 8.89. The third-order valence-corrected chi connectivity index (χ3v) is 5.59. The van der Waals surface area contributed by atoms with Crippen molar-refractivity contribution in [3.8, 4) is 5.75 Å². The summed E-state index contributed by atoms with van der Waals surface area (Å²) in [5.41, 5.74) is 0.297. The summed E-state index contributed by atoms with van der Waals surface area (Å²) in [4.78, 5) is 4.27. The molecule has 0 aliphatic carbocycles. The van der Waals surface area contributed by atoms with Gasteiger partial charge in [0.1, 0.15) is 5.75 Å². The minimum Gasteiger partial charge on any atom is -0.405 e. The Kier molecular flexibility index (Phi) is 9.53. The van der Waals surface area contributed by atoms with Gasteiger partial charge in [0.05, 0.1) is 12.3 Å². The number of guanidine groups is 1. The Morgan fingerprint density at radius 2 is 1.89 bits per heavy atom. The van der Waals surface area contributed by atoms with Crippen molar-refractivity contribution in [2.75, 3.05) is 32.4 Å². The van der Waals surface area contributed by atoms with Crippen LogP contribution in [-0.4, -0.2) is 57.5 Å². The Labute approximate surface area is 164 Å². The van der Waals surface area contributed by atoms with Crippen LogP contribution in [0.4, 0.5) is 13.2 Å². The average Bonchev–Trinajstić information content (AvgIpc) is 2.62. The molecule has 0 unspecified atom stereocenters. The molecule has 160 valence electrons. The minimum atomic E-state index is -4.77. The van der Waals surface area contributed by atoms with Crippen molar-refractivity contribution < 1.29 is 26.3 Å². The first-order chi connectivity index (χ1) is 13.1. The van der Waals surface area contributed by atoms with Gasteiger partial charge in [-0.05, 0) is 26.3 Å². The van der Waals surface area contributed by atoms with Crippen LogP contribution in [0.2, 0.25) is 0 Å². The van der Waals surface area contributed by atoms with Gasteiger partial charge in [0.2, 0.25) is 10.0 Å². The molecule has 0 bridgehead atoms. The molecule has 1 rings (SSSR count). The molecule has 0 saturated heterocycles. The van der Waals surface area contributed by atoms with E-state index in [4.69, 9.17) is 0 Å². The number of para-hydroxylation sites is 1. The Hall–Kier alpha value is -2.01. The Bertz CT molecular complexity index is 739. The number of nitrogens with zero attached hydrogens (tertiary/aromatic N) is 2. The zero-order chi connectivity index (χ0) is 21.2. The maximum absolute atomic E-state index is 12.5. The number of ether oxygens (including phenoxy) is 1. The molecule has 1 aromatic carbocycles. The first-order valence-corrected chi connectivity index (χ1v) is 10.5. The molecule has 28 heavy (non-hydrogen) atoms. The van der Waals surface area contributed by atoms with Crippen molar-refractivity contribution in [3.05, 3.63) is 29.8 Å². The van der Waals surface area contributed by atoms with Crippen LogP contribution in [-0.2, 0) is 16.6 Å². The average molecular weight is 424 g/mol. The zero-order valence-electron chi connectivity index (χ0n) is 16.2. The second kappa shape index (κ2) is 11.1. The summed E-state index contributed by atoms with van der Waals surface area (Å²) >= 11 is 0. The monoisotopic (exact) mass is 424 g/mol. The predicted octanol–water partition coefficient (Wildman–Crippen LogP) is 2.31. The van der Waals surface area contributed by atoms with Crippen LogP contribution in [0.5, 0.6) is 5.75 Å². The summed E-state index contributed by atoms with van der Waals surface area (Å²) in [5, 5.41) is 6.03. The molecule has 0 heterocycles. The highest BCUT2D eigenvalue weighted by atomic mass is 32.2. The van der Waals surface area contributed by atoms with E-state index in [9.17, 15) is 21.6 Å². The second-order valence-electron chi connectivity index (χ2n) is 5.85. The molecular formula is C17H27F3N4O3S. The maximum Gasteiger partial charge on any atom is 0.573 e. The standard InChI is InChI=1S/C17H27F3N4O3S/c1-4-21-16(22-11-8-12-24(3)28(25,26)5-2)23-13-14-9-6-7-10-15(14)27-17(18,19)20/h6-7,9-10H,4-5,8,11-13H2,1-3H3,(H2,21,22,23). The van der Waals surface area contributed by atoms with Crippen LogP contribution in [0.3, 0.4) is 0 Å². The van der Waals surface area contributed by atoms with E-state index >= 15 is 0 Å². The zero-order valence-corrected chi connectivity index (χ0v) is 17.0.